The van der Waals surface area contributed by atoms with E-state index in [1.54, 1.807) is 7.11 Å². The van der Waals surface area contributed by atoms with Crippen molar-refractivity contribution in [2.75, 3.05) is 26.9 Å². The molecule has 1 aromatic rings. The van der Waals surface area contributed by atoms with Gasteiger partial charge in [-0.25, -0.2) is 0 Å². The number of ether oxygens (including phenoxy) is 2. The molecule has 0 heterocycles. The highest BCUT2D eigenvalue weighted by atomic mass is 16.5. The van der Waals surface area contributed by atoms with Crippen molar-refractivity contribution in [3.8, 4) is 0 Å². The number of rotatable bonds is 7. The number of nitrogens with two attached hydrogens (primary N) is 1. The molecular formula is C12H19NO3. The molecule has 0 aromatic heterocycles. The summed E-state index contributed by atoms with van der Waals surface area (Å²) in [4.78, 5) is 0. The van der Waals surface area contributed by atoms with Gasteiger partial charge < -0.3 is 20.3 Å². The van der Waals surface area contributed by atoms with Crippen LogP contribution in [0.1, 0.15) is 17.2 Å². The first kappa shape index (κ1) is 13.1. The molecule has 4 nitrogen and oxygen atoms in total. The van der Waals surface area contributed by atoms with Crippen LogP contribution in [0.25, 0.3) is 0 Å². The predicted molar refractivity (Wildman–Crippen MR) is 62.0 cm³/mol. The molecule has 1 rings (SSSR count). The number of methoxy groups -OCH3 is 1. The fourth-order valence-corrected chi connectivity index (χ4v) is 1.55. The van der Waals surface area contributed by atoms with Gasteiger partial charge in [0.15, 0.2) is 0 Å². The summed E-state index contributed by atoms with van der Waals surface area (Å²) in [5.74, 6) is 0. The van der Waals surface area contributed by atoms with Crippen LogP contribution in [0, 0.1) is 0 Å². The molecule has 0 saturated carbocycles. The van der Waals surface area contributed by atoms with Crippen LogP contribution >= 0.6 is 0 Å². The molecule has 0 amide bonds. The van der Waals surface area contributed by atoms with E-state index in [1.165, 1.54) is 0 Å². The van der Waals surface area contributed by atoms with Crippen LogP contribution in [0.4, 0.5) is 0 Å². The maximum atomic E-state index is 8.71. The molecule has 3 N–H and O–H groups in total. The minimum atomic E-state index is -0.163. The maximum absolute atomic E-state index is 8.71. The third kappa shape index (κ3) is 3.90. The van der Waals surface area contributed by atoms with Gasteiger partial charge >= 0.3 is 0 Å². The molecule has 0 saturated heterocycles. The number of aliphatic hydroxyl groups excluding tert-OH is 1. The number of benzene rings is 1. The van der Waals surface area contributed by atoms with Crippen molar-refractivity contribution in [2.24, 2.45) is 5.73 Å². The zero-order valence-electron chi connectivity index (χ0n) is 9.56. The predicted octanol–water partition coefficient (Wildman–Crippen LogP) is 0.842. The Hall–Kier alpha value is -0.940. The van der Waals surface area contributed by atoms with Crippen LogP contribution < -0.4 is 5.73 Å². The van der Waals surface area contributed by atoms with Gasteiger partial charge in [0, 0.05) is 13.7 Å². The molecular weight excluding hydrogens is 206 g/mol. The molecule has 1 aromatic carbocycles. The topological polar surface area (TPSA) is 64.7 Å². The van der Waals surface area contributed by atoms with E-state index in [9.17, 15) is 0 Å². The van der Waals surface area contributed by atoms with Gasteiger partial charge in [-0.2, -0.15) is 0 Å². The zero-order chi connectivity index (χ0) is 11.8. The van der Waals surface area contributed by atoms with Gasteiger partial charge in [-0.15, -0.1) is 0 Å². The van der Waals surface area contributed by atoms with E-state index in [2.05, 4.69) is 0 Å². The van der Waals surface area contributed by atoms with Gasteiger partial charge in [-0.3, -0.25) is 0 Å². The lowest BCUT2D eigenvalue weighted by molar-refractivity contribution is 0.0328. The number of hydrogen-bond acceptors (Lipinski definition) is 4. The third-order valence-corrected chi connectivity index (χ3v) is 2.26. The average Bonchev–Trinajstić information content (AvgIpc) is 2.31. The minimum absolute atomic E-state index is 0.00820. The van der Waals surface area contributed by atoms with Crippen molar-refractivity contribution < 1.29 is 14.6 Å². The number of hydrogen-bond donors (Lipinski definition) is 2. The van der Waals surface area contributed by atoms with Crippen molar-refractivity contribution in [2.45, 2.75) is 12.7 Å². The Labute approximate surface area is 96.0 Å². The fourth-order valence-electron chi connectivity index (χ4n) is 1.55. The summed E-state index contributed by atoms with van der Waals surface area (Å²) in [7, 11) is 1.66. The lowest BCUT2D eigenvalue weighted by Crippen LogP contribution is -2.17. The highest BCUT2D eigenvalue weighted by molar-refractivity contribution is 5.25. The van der Waals surface area contributed by atoms with E-state index in [1.807, 2.05) is 24.3 Å². The fraction of sp³-hybridized carbons (Fsp3) is 0.500. The second-order valence-corrected chi connectivity index (χ2v) is 3.50. The molecule has 90 valence electrons. The van der Waals surface area contributed by atoms with Crippen molar-refractivity contribution >= 4 is 0 Å². The van der Waals surface area contributed by atoms with Gasteiger partial charge in [0.05, 0.1) is 25.9 Å². The van der Waals surface area contributed by atoms with Crippen LogP contribution in [0.2, 0.25) is 0 Å². The van der Waals surface area contributed by atoms with Crippen LogP contribution in [-0.4, -0.2) is 32.0 Å². The summed E-state index contributed by atoms with van der Waals surface area (Å²) in [6, 6.07) is 7.92. The van der Waals surface area contributed by atoms with Gasteiger partial charge in [0.2, 0.25) is 0 Å². The molecule has 0 spiro atoms. The van der Waals surface area contributed by atoms with Gasteiger partial charge in [0.1, 0.15) is 0 Å². The van der Waals surface area contributed by atoms with Crippen molar-refractivity contribution in [1.29, 1.82) is 0 Å². The van der Waals surface area contributed by atoms with Crippen LogP contribution in [0.3, 0.4) is 0 Å². The second kappa shape index (κ2) is 7.35. The van der Waals surface area contributed by atoms with Crippen molar-refractivity contribution in [3.63, 3.8) is 0 Å². The molecule has 1 unspecified atom stereocenters. The van der Waals surface area contributed by atoms with Crippen LogP contribution in [0.15, 0.2) is 24.3 Å². The minimum Gasteiger partial charge on any atom is -0.394 e. The first-order chi connectivity index (χ1) is 7.81. The highest BCUT2D eigenvalue weighted by Gasteiger charge is 2.09. The zero-order valence-corrected chi connectivity index (χ0v) is 9.56. The summed E-state index contributed by atoms with van der Waals surface area (Å²) in [6.45, 7) is 1.28. The molecule has 0 radical (unpaired) electrons. The van der Waals surface area contributed by atoms with Gasteiger partial charge in [0.25, 0.3) is 0 Å². The Balaban J connectivity index is 2.71. The van der Waals surface area contributed by atoms with Crippen molar-refractivity contribution in [1.82, 2.24) is 0 Å². The molecule has 0 aliphatic rings. The lowest BCUT2D eigenvalue weighted by atomic mass is 10.1. The third-order valence-electron chi connectivity index (χ3n) is 2.26. The van der Waals surface area contributed by atoms with E-state index >= 15 is 0 Å². The van der Waals surface area contributed by atoms with E-state index in [0.29, 0.717) is 19.8 Å². The molecule has 16 heavy (non-hydrogen) atoms. The molecule has 0 fully saturated rings. The Kier molecular flexibility index (Phi) is 6.03. The standard InChI is InChI=1S/C12H19NO3/c1-15-9-10-3-2-4-11(7-10)12(8-13)16-6-5-14/h2-4,7,12,14H,5-6,8-9,13H2,1H3. The Morgan fingerprint density at radius 1 is 1.44 bits per heavy atom. The first-order valence-corrected chi connectivity index (χ1v) is 5.32. The van der Waals surface area contributed by atoms with E-state index in [0.717, 1.165) is 11.1 Å². The maximum Gasteiger partial charge on any atom is 0.0948 e. The summed E-state index contributed by atoms with van der Waals surface area (Å²) in [5, 5.41) is 8.71. The quantitative estimate of drug-likeness (QED) is 0.721. The molecule has 4 heteroatoms. The molecule has 0 aliphatic heterocycles. The SMILES string of the molecule is COCc1cccc(C(CN)OCCO)c1. The van der Waals surface area contributed by atoms with Crippen molar-refractivity contribution in [3.05, 3.63) is 35.4 Å². The monoisotopic (exact) mass is 225 g/mol. The smallest absolute Gasteiger partial charge is 0.0948 e. The molecule has 0 aliphatic carbocycles. The summed E-state index contributed by atoms with van der Waals surface area (Å²) in [6.07, 6.45) is -0.163. The van der Waals surface area contributed by atoms with E-state index in [4.69, 9.17) is 20.3 Å². The first-order valence-electron chi connectivity index (χ1n) is 5.32. The van der Waals surface area contributed by atoms with Crippen LogP contribution in [-0.2, 0) is 16.1 Å². The number of aliphatic hydroxyl groups is 1. The summed E-state index contributed by atoms with van der Waals surface area (Å²) >= 11 is 0. The van der Waals surface area contributed by atoms with E-state index < -0.39 is 0 Å². The van der Waals surface area contributed by atoms with Crippen LogP contribution in [0.5, 0.6) is 0 Å². The Morgan fingerprint density at radius 3 is 2.88 bits per heavy atom. The normalized spacial score (nSPS) is 12.7. The Morgan fingerprint density at radius 2 is 2.25 bits per heavy atom. The van der Waals surface area contributed by atoms with Gasteiger partial charge in [-0.05, 0) is 11.1 Å². The summed E-state index contributed by atoms with van der Waals surface area (Å²) in [5.41, 5.74) is 7.74. The molecule has 1 atom stereocenters. The average molecular weight is 225 g/mol. The second-order valence-electron chi connectivity index (χ2n) is 3.50. The summed E-state index contributed by atoms with van der Waals surface area (Å²) < 4.78 is 10.5. The lowest BCUT2D eigenvalue weighted by Gasteiger charge is -2.16. The molecule has 0 bridgehead atoms. The van der Waals surface area contributed by atoms with Gasteiger partial charge in [-0.1, -0.05) is 24.3 Å². The van der Waals surface area contributed by atoms with E-state index in [-0.39, 0.29) is 12.7 Å². The highest BCUT2D eigenvalue weighted by Crippen LogP contribution is 2.17. The Bertz CT molecular complexity index is 304. The largest absolute Gasteiger partial charge is 0.394 e.